The van der Waals surface area contributed by atoms with Gasteiger partial charge in [-0.05, 0) is 47.4 Å². The van der Waals surface area contributed by atoms with Gasteiger partial charge in [-0.3, -0.25) is 0 Å². The van der Waals surface area contributed by atoms with Crippen LogP contribution in [-0.2, 0) is 6.54 Å². The molecule has 0 spiro atoms. The summed E-state index contributed by atoms with van der Waals surface area (Å²) in [6.45, 7) is 1.99. The zero-order valence-corrected chi connectivity index (χ0v) is 10.9. The summed E-state index contributed by atoms with van der Waals surface area (Å²) in [5.74, 6) is 0.237. The molecule has 0 aliphatic carbocycles. The molecular formula is C12H14BrN3O. The zero-order chi connectivity index (χ0) is 11.8. The maximum absolute atomic E-state index is 9.76. The average molecular weight is 296 g/mol. The van der Waals surface area contributed by atoms with Crippen molar-refractivity contribution in [3.8, 4) is 5.75 Å². The summed E-state index contributed by atoms with van der Waals surface area (Å²) in [7, 11) is 0. The molecule has 2 heterocycles. The molecule has 3 rings (SSSR count). The highest BCUT2D eigenvalue weighted by atomic mass is 79.9. The number of nitrogens with one attached hydrogen (secondary N) is 1. The maximum Gasteiger partial charge on any atom is 0.178 e. The fourth-order valence-electron chi connectivity index (χ4n) is 2.41. The summed E-state index contributed by atoms with van der Waals surface area (Å²) < 4.78 is 2.89. The molecule has 1 aliphatic heterocycles. The Balaban J connectivity index is 2.02. The van der Waals surface area contributed by atoms with Crippen molar-refractivity contribution >= 4 is 27.0 Å². The lowest BCUT2D eigenvalue weighted by atomic mass is 10.2. The third-order valence-corrected chi connectivity index (χ3v) is 3.88. The molecule has 1 aliphatic rings. The molecule has 2 N–H and O–H groups in total. The third kappa shape index (κ3) is 1.93. The van der Waals surface area contributed by atoms with E-state index in [1.807, 2.05) is 12.1 Å². The Morgan fingerprint density at radius 2 is 2.41 bits per heavy atom. The Kier molecular flexibility index (Phi) is 2.80. The van der Waals surface area contributed by atoms with Gasteiger partial charge in [0.2, 0.25) is 0 Å². The predicted octanol–water partition coefficient (Wildman–Crippen LogP) is 2.26. The normalized spacial score (nSPS) is 20.2. The van der Waals surface area contributed by atoms with E-state index < -0.39 is 0 Å². The van der Waals surface area contributed by atoms with Crippen LogP contribution in [0.3, 0.4) is 0 Å². The number of para-hydroxylation sites is 1. The van der Waals surface area contributed by atoms with E-state index in [0.717, 1.165) is 23.3 Å². The minimum atomic E-state index is 0.237. The standard InChI is InChI=1S/C12H14BrN3O/c13-12-15-11-9(4-1-5-10(11)17)16(12)7-8-3-2-6-14-8/h1,4-5,8,14,17H,2-3,6-7H2. The SMILES string of the molecule is Oc1cccc2c1nc(Br)n2CC1CCCN1. The van der Waals surface area contributed by atoms with Crippen LogP contribution in [0.4, 0.5) is 0 Å². The van der Waals surface area contributed by atoms with E-state index >= 15 is 0 Å². The van der Waals surface area contributed by atoms with Gasteiger partial charge >= 0.3 is 0 Å². The van der Waals surface area contributed by atoms with Gasteiger partial charge in [0, 0.05) is 12.6 Å². The summed E-state index contributed by atoms with van der Waals surface area (Å²) in [4.78, 5) is 4.36. The highest BCUT2D eigenvalue weighted by Crippen LogP contribution is 2.27. The second-order valence-electron chi connectivity index (χ2n) is 4.43. The van der Waals surface area contributed by atoms with Crippen LogP contribution >= 0.6 is 15.9 Å². The van der Waals surface area contributed by atoms with Crippen LogP contribution in [-0.4, -0.2) is 27.2 Å². The summed E-state index contributed by atoms with van der Waals surface area (Å²) in [6, 6.07) is 6.01. The highest BCUT2D eigenvalue weighted by Gasteiger charge is 2.18. The van der Waals surface area contributed by atoms with Crippen molar-refractivity contribution in [2.75, 3.05) is 6.54 Å². The molecule has 5 heteroatoms. The number of hydrogen-bond donors (Lipinski definition) is 2. The minimum absolute atomic E-state index is 0.237. The first-order valence-corrected chi connectivity index (χ1v) is 6.62. The van der Waals surface area contributed by atoms with E-state index in [0.29, 0.717) is 11.6 Å². The molecule has 1 fully saturated rings. The number of aromatic nitrogens is 2. The lowest BCUT2D eigenvalue weighted by molar-refractivity contribution is 0.480. The number of benzene rings is 1. The van der Waals surface area contributed by atoms with E-state index in [1.54, 1.807) is 6.07 Å². The molecule has 0 amide bonds. The van der Waals surface area contributed by atoms with E-state index in [1.165, 1.54) is 12.8 Å². The van der Waals surface area contributed by atoms with Gasteiger partial charge < -0.3 is 15.0 Å². The first-order chi connectivity index (χ1) is 8.25. The van der Waals surface area contributed by atoms with Gasteiger partial charge in [0.1, 0.15) is 11.3 Å². The number of rotatable bonds is 2. The molecule has 1 aromatic heterocycles. The van der Waals surface area contributed by atoms with Gasteiger partial charge in [0.15, 0.2) is 4.73 Å². The number of phenols is 1. The summed E-state index contributed by atoms with van der Waals surface area (Å²) >= 11 is 3.46. The lowest BCUT2D eigenvalue weighted by Crippen LogP contribution is -2.26. The van der Waals surface area contributed by atoms with Crippen LogP contribution in [0.2, 0.25) is 0 Å². The van der Waals surface area contributed by atoms with Crippen LogP contribution in [0.15, 0.2) is 22.9 Å². The molecule has 1 atom stereocenters. The Morgan fingerprint density at radius 1 is 1.53 bits per heavy atom. The van der Waals surface area contributed by atoms with Crippen LogP contribution < -0.4 is 5.32 Å². The summed E-state index contributed by atoms with van der Waals surface area (Å²) in [5, 5.41) is 13.2. The number of imidazole rings is 1. The predicted molar refractivity (Wildman–Crippen MR) is 70.1 cm³/mol. The zero-order valence-electron chi connectivity index (χ0n) is 9.36. The van der Waals surface area contributed by atoms with Crippen LogP contribution in [0, 0.1) is 0 Å². The second kappa shape index (κ2) is 4.31. The minimum Gasteiger partial charge on any atom is -0.506 e. The van der Waals surface area contributed by atoms with Crippen molar-refractivity contribution in [3.63, 3.8) is 0 Å². The first-order valence-electron chi connectivity index (χ1n) is 5.83. The molecule has 1 saturated heterocycles. The number of hydrogen-bond acceptors (Lipinski definition) is 3. The molecule has 0 radical (unpaired) electrons. The summed E-state index contributed by atoms with van der Waals surface area (Å²) in [5.41, 5.74) is 1.64. The largest absolute Gasteiger partial charge is 0.506 e. The van der Waals surface area contributed by atoms with Crippen molar-refractivity contribution in [2.24, 2.45) is 0 Å². The summed E-state index contributed by atoms with van der Waals surface area (Å²) in [6.07, 6.45) is 2.44. The molecule has 90 valence electrons. The first kappa shape index (κ1) is 11.0. The molecule has 4 nitrogen and oxygen atoms in total. The fourth-order valence-corrected chi connectivity index (χ4v) is 2.92. The highest BCUT2D eigenvalue weighted by molar-refractivity contribution is 9.10. The van der Waals surface area contributed by atoms with E-state index in [4.69, 9.17) is 0 Å². The van der Waals surface area contributed by atoms with Crippen LogP contribution in [0.5, 0.6) is 5.75 Å². The number of aromatic hydroxyl groups is 1. The second-order valence-corrected chi connectivity index (χ2v) is 5.14. The molecular weight excluding hydrogens is 282 g/mol. The fraction of sp³-hybridized carbons (Fsp3) is 0.417. The van der Waals surface area contributed by atoms with Gasteiger partial charge in [-0.1, -0.05) is 6.07 Å². The number of halogens is 1. The number of phenolic OH excluding ortho intramolecular Hbond substituents is 1. The lowest BCUT2D eigenvalue weighted by Gasteiger charge is -2.12. The van der Waals surface area contributed by atoms with Gasteiger partial charge in [0.25, 0.3) is 0 Å². The number of fused-ring (bicyclic) bond motifs is 1. The van der Waals surface area contributed by atoms with E-state index in [-0.39, 0.29) is 5.75 Å². The molecule has 0 bridgehead atoms. The van der Waals surface area contributed by atoms with Crippen LogP contribution in [0.25, 0.3) is 11.0 Å². The van der Waals surface area contributed by atoms with Gasteiger partial charge in [-0.25, -0.2) is 4.98 Å². The quantitative estimate of drug-likeness (QED) is 0.893. The Hall–Kier alpha value is -1.07. The van der Waals surface area contributed by atoms with Crippen molar-refractivity contribution in [3.05, 3.63) is 22.9 Å². The number of nitrogens with zero attached hydrogens (tertiary/aromatic N) is 2. The van der Waals surface area contributed by atoms with Gasteiger partial charge in [-0.15, -0.1) is 0 Å². The molecule has 1 aromatic carbocycles. The van der Waals surface area contributed by atoms with Crippen molar-refractivity contribution in [1.82, 2.24) is 14.9 Å². The van der Waals surface area contributed by atoms with Crippen molar-refractivity contribution in [1.29, 1.82) is 0 Å². The molecule has 2 aromatic rings. The average Bonchev–Trinajstić information content (AvgIpc) is 2.91. The van der Waals surface area contributed by atoms with Gasteiger partial charge in [-0.2, -0.15) is 0 Å². The Labute approximate surface area is 108 Å². The van der Waals surface area contributed by atoms with Crippen LogP contribution in [0.1, 0.15) is 12.8 Å². The Morgan fingerprint density at radius 3 is 3.18 bits per heavy atom. The Bertz CT molecular complexity index is 546. The van der Waals surface area contributed by atoms with Crippen molar-refractivity contribution in [2.45, 2.75) is 25.4 Å². The monoisotopic (exact) mass is 295 g/mol. The maximum atomic E-state index is 9.76. The van der Waals surface area contributed by atoms with Crippen molar-refractivity contribution < 1.29 is 5.11 Å². The van der Waals surface area contributed by atoms with E-state index in [2.05, 4.69) is 30.8 Å². The van der Waals surface area contributed by atoms with E-state index in [9.17, 15) is 5.11 Å². The third-order valence-electron chi connectivity index (χ3n) is 3.28. The molecule has 0 saturated carbocycles. The topological polar surface area (TPSA) is 50.1 Å². The molecule has 17 heavy (non-hydrogen) atoms. The smallest absolute Gasteiger partial charge is 0.178 e. The van der Waals surface area contributed by atoms with Gasteiger partial charge in [0.05, 0.1) is 5.52 Å². The molecule has 1 unspecified atom stereocenters.